The summed E-state index contributed by atoms with van der Waals surface area (Å²) >= 11 is 6.16. The highest BCUT2D eigenvalue weighted by molar-refractivity contribution is 7.85. The van der Waals surface area contributed by atoms with Crippen molar-refractivity contribution >= 4 is 44.7 Å². The van der Waals surface area contributed by atoms with Crippen molar-refractivity contribution in [2.75, 3.05) is 11.1 Å². The Hall–Kier alpha value is -4.04. The van der Waals surface area contributed by atoms with E-state index in [1.54, 1.807) is 12.1 Å². The fraction of sp³-hybridized carbons (Fsp3) is 0.333. The van der Waals surface area contributed by atoms with Crippen molar-refractivity contribution in [1.82, 2.24) is 0 Å². The second-order valence-electron chi connectivity index (χ2n) is 14.5. The highest BCUT2D eigenvalue weighted by Gasteiger charge is 2.27. The van der Waals surface area contributed by atoms with Gasteiger partial charge in [-0.1, -0.05) is 105 Å². The van der Waals surface area contributed by atoms with Gasteiger partial charge in [-0.3, -0.25) is 14.1 Å². The Labute approximate surface area is 301 Å². The fourth-order valence-corrected chi connectivity index (χ4v) is 7.45. The van der Waals surface area contributed by atoms with Crippen LogP contribution < -0.4 is 5.32 Å². The first-order valence-electron chi connectivity index (χ1n) is 17.2. The normalized spacial score (nSPS) is 15.6. The maximum Gasteiger partial charge on any atom is 0.264 e. The minimum atomic E-state index is -4.11. The number of rotatable bonds is 12. The molecule has 6 nitrogen and oxygen atoms in total. The smallest absolute Gasteiger partial charge is 0.264 e. The van der Waals surface area contributed by atoms with E-state index in [2.05, 4.69) is 56.4 Å². The number of hydrogen-bond acceptors (Lipinski definition) is 4. The number of hydrogen-bond donors (Lipinski definition) is 2. The Morgan fingerprint density at radius 3 is 2.16 bits per heavy atom. The van der Waals surface area contributed by atoms with E-state index in [4.69, 9.17) is 16.2 Å². The van der Waals surface area contributed by atoms with E-state index in [0.717, 1.165) is 47.1 Å². The predicted molar refractivity (Wildman–Crippen MR) is 204 cm³/mol. The molecule has 0 bridgehead atoms. The van der Waals surface area contributed by atoms with Gasteiger partial charge in [0, 0.05) is 22.7 Å². The zero-order chi connectivity index (χ0) is 36.1. The van der Waals surface area contributed by atoms with E-state index in [1.807, 2.05) is 61.5 Å². The molecule has 0 aromatic heterocycles. The molecule has 1 aliphatic rings. The minimum Gasteiger partial charge on any atom is -0.326 e. The maximum absolute atomic E-state index is 14.0. The number of benzene rings is 4. The van der Waals surface area contributed by atoms with Crippen LogP contribution in [-0.2, 0) is 21.3 Å². The molecule has 1 aliphatic carbocycles. The Kier molecular flexibility index (Phi) is 11.8. The SMILES string of the molecule is Cc1cc(Cl)ccc1-c1ccc(NC(=O)[C@H](Cc2ccc(C(=O)CCCS(=O)(=O)O)cc2)c2ccc(C3=CC[C@@H](C(C)(C)C)CC3)cc2)cc1. The van der Waals surface area contributed by atoms with Gasteiger partial charge in [0.2, 0.25) is 5.91 Å². The van der Waals surface area contributed by atoms with Crippen LogP contribution in [0.3, 0.4) is 0 Å². The summed E-state index contributed by atoms with van der Waals surface area (Å²) in [5, 5.41) is 3.82. The van der Waals surface area contributed by atoms with Gasteiger partial charge in [-0.05, 0) is 114 Å². The van der Waals surface area contributed by atoms with Crippen LogP contribution in [0.5, 0.6) is 0 Å². The molecule has 5 rings (SSSR count). The summed E-state index contributed by atoms with van der Waals surface area (Å²) in [6.07, 6.45) is 6.13. The summed E-state index contributed by atoms with van der Waals surface area (Å²) in [4.78, 5) is 26.6. The molecule has 0 heterocycles. The van der Waals surface area contributed by atoms with Crippen LogP contribution in [0.2, 0.25) is 5.02 Å². The highest BCUT2D eigenvalue weighted by atomic mass is 35.5. The molecule has 0 unspecified atom stereocenters. The van der Waals surface area contributed by atoms with Crippen molar-refractivity contribution in [3.05, 3.63) is 130 Å². The van der Waals surface area contributed by atoms with E-state index in [9.17, 15) is 18.0 Å². The van der Waals surface area contributed by atoms with Gasteiger partial charge >= 0.3 is 0 Å². The van der Waals surface area contributed by atoms with Crippen LogP contribution in [0.1, 0.15) is 91.4 Å². The maximum atomic E-state index is 14.0. The average Bonchev–Trinajstić information content (AvgIpc) is 3.07. The summed E-state index contributed by atoms with van der Waals surface area (Å²) in [6, 6.07) is 29.0. The van der Waals surface area contributed by atoms with Gasteiger partial charge < -0.3 is 5.32 Å². The fourth-order valence-electron chi connectivity index (χ4n) is 6.71. The lowest BCUT2D eigenvalue weighted by Crippen LogP contribution is -2.23. The molecule has 0 radical (unpaired) electrons. The largest absolute Gasteiger partial charge is 0.326 e. The standard InChI is InChI=1S/C42H46ClNO5S/c1-28-26-36(43)21-24-38(28)32-17-22-37(23-18-32)44-41(46)39(27-29-7-9-34(10-8-29)40(45)6-5-25-50(47,48)49)33-13-11-30(12-14-33)31-15-19-35(20-16-31)42(2,3)4/h7-15,17-18,21-24,26,35,39H,5-6,16,19-20,25,27H2,1-4H3,(H,44,46)(H,47,48,49)/t35-,39-/m1/s1. The number of nitrogens with one attached hydrogen (secondary N) is 1. The molecule has 8 heteroatoms. The van der Waals surface area contributed by atoms with Crippen molar-refractivity contribution in [2.24, 2.45) is 11.3 Å². The van der Waals surface area contributed by atoms with E-state index in [0.29, 0.717) is 28.6 Å². The summed E-state index contributed by atoms with van der Waals surface area (Å²) in [6.45, 7) is 8.95. The third-order valence-corrected chi connectivity index (χ3v) is 10.8. The zero-order valence-corrected chi connectivity index (χ0v) is 30.8. The van der Waals surface area contributed by atoms with Crippen LogP contribution in [0.15, 0.2) is 97.1 Å². The second kappa shape index (κ2) is 15.9. The second-order valence-corrected chi connectivity index (χ2v) is 16.5. The summed E-state index contributed by atoms with van der Waals surface area (Å²) < 4.78 is 31.0. The number of amides is 1. The number of anilines is 1. The first-order chi connectivity index (χ1) is 23.7. The predicted octanol–water partition coefficient (Wildman–Crippen LogP) is 10.4. The van der Waals surface area contributed by atoms with Crippen molar-refractivity contribution in [3.63, 3.8) is 0 Å². The van der Waals surface area contributed by atoms with Crippen LogP contribution in [-0.4, -0.2) is 30.4 Å². The number of carbonyl (C=O) groups is 2. The highest BCUT2D eigenvalue weighted by Crippen LogP contribution is 2.40. The third kappa shape index (κ3) is 10.0. The monoisotopic (exact) mass is 711 g/mol. The van der Waals surface area contributed by atoms with Crippen LogP contribution in [0.25, 0.3) is 16.7 Å². The van der Waals surface area contributed by atoms with E-state index in [1.165, 1.54) is 11.1 Å². The van der Waals surface area contributed by atoms with E-state index in [-0.39, 0.29) is 29.9 Å². The van der Waals surface area contributed by atoms with Crippen LogP contribution in [0.4, 0.5) is 5.69 Å². The number of allylic oxidation sites excluding steroid dienone is 2. The molecule has 4 aromatic carbocycles. The molecule has 2 N–H and O–H groups in total. The van der Waals surface area contributed by atoms with E-state index >= 15 is 0 Å². The van der Waals surface area contributed by atoms with Crippen molar-refractivity contribution < 1.29 is 22.6 Å². The van der Waals surface area contributed by atoms with Gasteiger partial charge in [0.1, 0.15) is 0 Å². The average molecular weight is 712 g/mol. The molecule has 0 aliphatic heterocycles. The molecule has 1 amide bonds. The molecule has 0 spiro atoms. The summed E-state index contributed by atoms with van der Waals surface area (Å²) in [5.41, 5.74) is 8.94. The molecule has 0 fully saturated rings. The van der Waals surface area contributed by atoms with Gasteiger partial charge in [0.25, 0.3) is 10.1 Å². The molecule has 0 saturated heterocycles. The number of Topliss-reactive ketones (excluding diaryl/α,β-unsaturated/α-hetero) is 1. The molecule has 50 heavy (non-hydrogen) atoms. The van der Waals surface area contributed by atoms with Gasteiger partial charge in [0.15, 0.2) is 5.78 Å². The lowest BCUT2D eigenvalue weighted by Gasteiger charge is -2.33. The molecule has 0 saturated carbocycles. The molecular formula is C42H46ClNO5S. The molecule has 262 valence electrons. The van der Waals surface area contributed by atoms with Crippen LogP contribution in [0, 0.1) is 18.3 Å². The van der Waals surface area contributed by atoms with Gasteiger partial charge in [-0.25, -0.2) is 0 Å². The molecular weight excluding hydrogens is 666 g/mol. The number of aryl methyl sites for hydroxylation is 1. The van der Waals surface area contributed by atoms with Crippen molar-refractivity contribution in [2.45, 2.75) is 72.1 Å². The topological polar surface area (TPSA) is 101 Å². The number of halogens is 1. The number of ketones is 1. The molecule has 4 aromatic rings. The molecule has 2 atom stereocenters. The Morgan fingerprint density at radius 1 is 0.920 bits per heavy atom. The van der Waals surface area contributed by atoms with Gasteiger partial charge in [0.05, 0.1) is 11.7 Å². The lowest BCUT2D eigenvalue weighted by atomic mass is 9.72. The first-order valence-corrected chi connectivity index (χ1v) is 19.2. The van der Waals surface area contributed by atoms with Gasteiger partial charge in [-0.15, -0.1) is 0 Å². The van der Waals surface area contributed by atoms with Gasteiger partial charge in [-0.2, -0.15) is 8.42 Å². The number of carbonyl (C=O) groups excluding carboxylic acids is 2. The van der Waals surface area contributed by atoms with E-state index < -0.39 is 21.8 Å². The zero-order valence-electron chi connectivity index (χ0n) is 29.2. The quantitative estimate of drug-likeness (QED) is 0.113. The Bertz CT molecular complexity index is 1960. The first kappa shape index (κ1) is 37.2. The Balaban J connectivity index is 1.35. The minimum absolute atomic E-state index is 0.0141. The van der Waals surface area contributed by atoms with Crippen molar-refractivity contribution in [3.8, 4) is 11.1 Å². The lowest BCUT2D eigenvalue weighted by molar-refractivity contribution is -0.117. The summed E-state index contributed by atoms with van der Waals surface area (Å²) in [7, 11) is -4.11. The Morgan fingerprint density at radius 2 is 1.58 bits per heavy atom. The summed E-state index contributed by atoms with van der Waals surface area (Å²) in [5.74, 6) is -0.619. The van der Waals surface area contributed by atoms with Crippen LogP contribution >= 0.6 is 11.6 Å². The third-order valence-electron chi connectivity index (χ3n) is 9.81. The van der Waals surface area contributed by atoms with Crippen molar-refractivity contribution in [1.29, 1.82) is 0 Å².